The number of rotatable bonds is 5. The Morgan fingerprint density at radius 3 is 2.87 bits per heavy atom. The maximum absolute atomic E-state index is 10.7. The van der Waals surface area contributed by atoms with Gasteiger partial charge in [0.15, 0.2) is 0 Å². The highest BCUT2D eigenvalue weighted by Crippen LogP contribution is 2.20. The molecular formula is C9H13N2O3S-. The van der Waals surface area contributed by atoms with E-state index in [2.05, 4.69) is 5.32 Å². The maximum atomic E-state index is 10.7. The Bertz CT molecular complexity index is 357. The molecule has 1 aromatic carbocycles. The number of nitrogen functional groups attached to an aromatic ring is 1. The van der Waals surface area contributed by atoms with E-state index in [0.717, 1.165) is 5.69 Å². The molecule has 6 heteroatoms. The van der Waals surface area contributed by atoms with Crippen LogP contribution in [0, 0.1) is 0 Å². The Kier molecular flexibility index (Phi) is 4.54. The molecule has 0 aliphatic carbocycles. The van der Waals surface area contributed by atoms with E-state index in [0.29, 0.717) is 13.2 Å². The van der Waals surface area contributed by atoms with Crippen molar-refractivity contribution in [2.75, 3.05) is 31.3 Å². The zero-order valence-corrected chi connectivity index (χ0v) is 9.17. The third-order valence-corrected chi connectivity index (χ3v) is 2.56. The molecule has 15 heavy (non-hydrogen) atoms. The van der Waals surface area contributed by atoms with Crippen molar-refractivity contribution in [3.63, 3.8) is 0 Å². The van der Waals surface area contributed by atoms with Gasteiger partial charge in [0, 0.05) is 29.9 Å². The quantitative estimate of drug-likeness (QED) is 0.438. The first kappa shape index (κ1) is 12.0. The molecule has 5 nitrogen and oxygen atoms in total. The van der Waals surface area contributed by atoms with Gasteiger partial charge in [0.2, 0.25) is 0 Å². The number of hydrogen-bond donors (Lipinski definition) is 2. The molecule has 1 atom stereocenters. The molecule has 0 aliphatic rings. The lowest BCUT2D eigenvalue weighted by Gasteiger charge is -2.11. The number of nitrogens with one attached hydrogen (secondary N) is 1. The summed E-state index contributed by atoms with van der Waals surface area (Å²) in [6, 6.07) is 4.71. The summed E-state index contributed by atoms with van der Waals surface area (Å²) in [4.78, 5) is 0.118. The van der Waals surface area contributed by atoms with Crippen molar-refractivity contribution in [2.24, 2.45) is 0 Å². The highest BCUT2D eigenvalue weighted by atomic mass is 32.2. The van der Waals surface area contributed by atoms with Gasteiger partial charge in [0.05, 0.1) is 6.61 Å². The summed E-state index contributed by atoms with van der Waals surface area (Å²) < 4.78 is 26.2. The molecule has 1 unspecified atom stereocenters. The van der Waals surface area contributed by atoms with Crippen LogP contribution in [0.5, 0.6) is 0 Å². The third kappa shape index (κ3) is 3.50. The monoisotopic (exact) mass is 229 g/mol. The lowest BCUT2D eigenvalue weighted by Crippen LogP contribution is -2.08. The van der Waals surface area contributed by atoms with Crippen LogP contribution in [0.1, 0.15) is 0 Å². The van der Waals surface area contributed by atoms with E-state index >= 15 is 0 Å². The molecule has 0 radical (unpaired) electrons. The highest BCUT2D eigenvalue weighted by Gasteiger charge is 2.00. The topological polar surface area (TPSA) is 87.4 Å². The van der Waals surface area contributed by atoms with Crippen LogP contribution in [0.25, 0.3) is 0 Å². The predicted molar refractivity (Wildman–Crippen MR) is 58.4 cm³/mol. The summed E-state index contributed by atoms with van der Waals surface area (Å²) >= 11 is -2.28. The second-order valence-electron chi connectivity index (χ2n) is 2.91. The fourth-order valence-corrected chi connectivity index (χ4v) is 1.54. The van der Waals surface area contributed by atoms with E-state index in [1.165, 1.54) is 6.07 Å². The first-order valence-electron chi connectivity index (χ1n) is 4.36. The summed E-state index contributed by atoms with van der Waals surface area (Å²) in [7, 11) is 1.61. The van der Waals surface area contributed by atoms with Gasteiger partial charge in [-0.15, -0.1) is 0 Å². The minimum atomic E-state index is -2.28. The minimum Gasteiger partial charge on any atom is -0.768 e. The van der Waals surface area contributed by atoms with Gasteiger partial charge in [-0.05, 0) is 29.3 Å². The van der Waals surface area contributed by atoms with Crippen LogP contribution in [0.2, 0.25) is 0 Å². The van der Waals surface area contributed by atoms with E-state index < -0.39 is 11.1 Å². The maximum Gasteiger partial charge on any atom is 0.0635 e. The summed E-state index contributed by atoms with van der Waals surface area (Å²) in [6.45, 7) is 1.23. The molecule has 0 amide bonds. The number of nitrogens with two attached hydrogens (primary N) is 1. The minimum absolute atomic E-state index is 0.118. The number of methoxy groups -OCH3 is 1. The van der Waals surface area contributed by atoms with Gasteiger partial charge in [-0.1, -0.05) is 0 Å². The smallest absolute Gasteiger partial charge is 0.0635 e. The molecule has 1 aromatic rings. The average Bonchev–Trinajstić information content (AvgIpc) is 2.17. The Hall–Kier alpha value is -1.11. The number of ether oxygens (including phenoxy) is 1. The van der Waals surface area contributed by atoms with Crippen molar-refractivity contribution in [1.29, 1.82) is 0 Å². The number of benzene rings is 1. The molecule has 0 heterocycles. The van der Waals surface area contributed by atoms with Gasteiger partial charge in [0.25, 0.3) is 0 Å². The van der Waals surface area contributed by atoms with Gasteiger partial charge in [-0.25, -0.2) is 0 Å². The van der Waals surface area contributed by atoms with Crippen LogP contribution in [-0.4, -0.2) is 29.0 Å². The molecule has 84 valence electrons. The second-order valence-corrected chi connectivity index (χ2v) is 3.82. The SMILES string of the molecule is COCCNc1ccc(S(=O)[O-])c(N)c1. The van der Waals surface area contributed by atoms with Crippen LogP contribution in [0.3, 0.4) is 0 Å². The van der Waals surface area contributed by atoms with Crippen molar-refractivity contribution < 1.29 is 13.5 Å². The van der Waals surface area contributed by atoms with Crippen LogP contribution >= 0.6 is 0 Å². The lowest BCUT2D eigenvalue weighted by molar-refractivity contribution is 0.211. The molecule has 0 aromatic heterocycles. The van der Waals surface area contributed by atoms with Crippen molar-refractivity contribution in [3.05, 3.63) is 18.2 Å². The predicted octanol–water partition coefficient (Wildman–Crippen LogP) is 0.565. The molecule has 0 aliphatic heterocycles. The van der Waals surface area contributed by atoms with Crippen molar-refractivity contribution in [1.82, 2.24) is 0 Å². The van der Waals surface area contributed by atoms with Crippen LogP contribution in [0.4, 0.5) is 11.4 Å². The van der Waals surface area contributed by atoms with Crippen LogP contribution < -0.4 is 11.1 Å². The Balaban J connectivity index is 2.69. The van der Waals surface area contributed by atoms with E-state index in [1.807, 2.05) is 0 Å². The Morgan fingerprint density at radius 2 is 2.33 bits per heavy atom. The Labute approximate surface area is 90.9 Å². The van der Waals surface area contributed by atoms with Gasteiger partial charge in [0.1, 0.15) is 0 Å². The largest absolute Gasteiger partial charge is 0.768 e. The normalized spacial score (nSPS) is 12.4. The van der Waals surface area contributed by atoms with Gasteiger partial charge < -0.3 is 20.3 Å². The molecule has 0 spiro atoms. The molecule has 1 rings (SSSR count). The van der Waals surface area contributed by atoms with E-state index in [1.54, 1.807) is 19.2 Å². The third-order valence-electron chi connectivity index (χ3n) is 1.82. The summed E-state index contributed by atoms with van der Waals surface area (Å²) in [6.07, 6.45) is 0. The van der Waals surface area contributed by atoms with Gasteiger partial charge in [-0.2, -0.15) is 0 Å². The van der Waals surface area contributed by atoms with Crippen molar-refractivity contribution >= 4 is 22.5 Å². The van der Waals surface area contributed by atoms with Crippen molar-refractivity contribution in [2.45, 2.75) is 4.90 Å². The van der Waals surface area contributed by atoms with Gasteiger partial charge in [-0.3, -0.25) is 4.21 Å². The molecule has 3 N–H and O–H groups in total. The molecule has 0 saturated carbocycles. The van der Waals surface area contributed by atoms with Crippen LogP contribution in [-0.2, 0) is 15.8 Å². The highest BCUT2D eigenvalue weighted by molar-refractivity contribution is 7.79. The van der Waals surface area contributed by atoms with E-state index in [-0.39, 0.29) is 10.6 Å². The summed E-state index contributed by atoms with van der Waals surface area (Å²) in [5.41, 5.74) is 6.58. The zero-order valence-electron chi connectivity index (χ0n) is 8.36. The van der Waals surface area contributed by atoms with E-state index in [4.69, 9.17) is 10.5 Å². The second kappa shape index (κ2) is 5.69. The lowest BCUT2D eigenvalue weighted by atomic mass is 10.3. The van der Waals surface area contributed by atoms with Gasteiger partial charge >= 0.3 is 0 Å². The average molecular weight is 229 g/mol. The molecular weight excluding hydrogens is 216 g/mol. The number of hydrogen-bond acceptors (Lipinski definition) is 5. The van der Waals surface area contributed by atoms with E-state index in [9.17, 15) is 8.76 Å². The number of anilines is 2. The fourth-order valence-electron chi connectivity index (χ4n) is 1.11. The zero-order chi connectivity index (χ0) is 11.3. The standard InChI is InChI=1S/C9H14N2O3S/c1-14-5-4-11-7-2-3-9(15(12)13)8(10)6-7/h2-3,6,11H,4-5,10H2,1H3,(H,12,13)/p-1. The summed E-state index contributed by atoms with van der Waals surface area (Å²) in [5.74, 6) is 0. The first-order valence-corrected chi connectivity index (χ1v) is 5.44. The molecule has 0 fully saturated rings. The molecule has 0 saturated heterocycles. The Morgan fingerprint density at radius 1 is 1.60 bits per heavy atom. The van der Waals surface area contributed by atoms with Crippen molar-refractivity contribution in [3.8, 4) is 0 Å². The fraction of sp³-hybridized carbons (Fsp3) is 0.333. The van der Waals surface area contributed by atoms with Crippen LogP contribution in [0.15, 0.2) is 23.1 Å². The summed E-state index contributed by atoms with van der Waals surface area (Å²) in [5, 5.41) is 3.05. The first-order chi connectivity index (χ1) is 7.15. The molecule has 0 bridgehead atoms.